The summed E-state index contributed by atoms with van der Waals surface area (Å²) in [7, 11) is 0. The Morgan fingerprint density at radius 1 is 1.31 bits per heavy atom. The number of hydrogen-bond donors (Lipinski definition) is 1. The van der Waals surface area contributed by atoms with E-state index in [1.54, 1.807) is 30.3 Å². The van der Waals surface area contributed by atoms with E-state index in [0.29, 0.717) is 11.3 Å². The normalized spacial score (nSPS) is 11.1. The fraction of sp³-hybridized carbons (Fsp3) is 0. The first-order chi connectivity index (χ1) is 7.79. The zero-order valence-electron chi connectivity index (χ0n) is 8.28. The van der Waals surface area contributed by atoms with Crippen molar-refractivity contribution in [2.24, 2.45) is 4.99 Å². The molecule has 0 amide bonds. The van der Waals surface area contributed by atoms with Gasteiger partial charge in [0.1, 0.15) is 0 Å². The highest BCUT2D eigenvalue weighted by molar-refractivity contribution is 5.42. The van der Waals surface area contributed by atoms with Crippen LogP contribution < -0.4 is 5.62 Å². The van der Waals surface area contributed by atoms with Gasteiger partial charge < -0.3 is 5.21 Å². The number of benzene rings is 1. The van der Waals surface area contributed by atoms with Gasteiger partial charge in [-0.25, -0.2) is 9.98 Å². The van der Waals surface area contributed by atoms with E-state index in [4.69, 9.17) is 5.26 Å². The van der Waals surface area contributed by atoms with E-state index in [0.717, 1.165) is 4.73 Å². The summed E-state index contributed by atoms with van der Waals surface area (Å²) in [4.78, 5) is 8.01. The standard InChI is InChI=1S/C11H8N4O/c12-8-9-2-4-10(5-3-9)14-11-13-6-1-7-15(11)16/h1-7,16H. The van der Waals surface area contributed by atoms with E-state index < -0.39 is 0 Å². The summed E-state index contributed by atoms with van der Waals surface area (Å²) in [6, 6.07) is 10.3. The molecule has 1 heterocycles. The fourth-order valence-corrected chi connectivity index (χ4v) is 1.16. The molecular weight excluding hydrogens is 204 g/mol. The quantitative estimate of drug-likeness (QED) is 0.722. The topological polar surface area (TPSA) is 74.2 Å². The molecule has 1 aromatic heterocycles. The van der Waals surface area contributed by atoms with E-state index in [1.165, 1.54) is 12.4 Å². The van der Waals surface area contributed by atoms with Gasteiger partial charge in [-0.15, -0.1) is 0 Å². The van der Waals surface area contributed by atoms with E-state index in [2.05, 4.69) is 9.98 Å². The number of hydrogen-bond acceptors (Lipinski definition) is 4. The van der Waals surface area contributed by atoms with Gasteiger partial charge in [0, 0.05) is 12.4 Å². The third-order valence-electron chi connectivity index (χ3n) is 1.93. The lowest BCUT2D eigenvalue weighted by Gasteiger charge is -1.96. The van der Waals surface area contributed by atoms with Crippen LogP contribution in [0.4, 0.5) is 5.69 Å². The van der Waals surface area contributed by atoms with Gasteiger partial charge >= 0.3 is 0 Å². The Bertz CT molecular complexity index is 592. The molecule has 1 N–H and O–H groups in total. The fourth-order valence-electron chi connectivity index (χ4n) is 1.16. The lowest BCUT2D eigenvalue weighted by molar-refractivity contribution is 0.167. The third-order valence-corrected chi connectivity index (χ3v) is 1.93. The third kappa shape index (κ3) is 2.07. The van der Waals surface area contributed by atoms with Crippen LogP contribution in [0, 0.1) is 11.3 Å². The lowest BCUT2D eigenvalue weighted by Crippen LogP contribution is -2.20. The largest absolute Gasteiger partial charge is 0.425 e. The maximum absolute atomic E-state index is 9.38. The molecule has 0 saturated carbocycles. The van der Waals surface area contributed by atoms with Crippen LogP contribution in [0.5, 0.6) is 0 Å². The highest BCUT2D eigenvalue weighted by atomic mass is 16.5. The monoisotopic (exact) mass is 212 g/mol. The van der Waals surface area contributed by atoms with E-state index >= 15 is 0 Å². The van der Waals surface area contributed by atoms with Crippen LogP contribution in [0.25, 0.3) is 0 Å². The second-order valence-corrected chi connectivity index (χ2v) is 3.03. The summed E-state index contributed by atoms with van der Waals surface area (Å²) in [5, 5.41) is 18.0. The van der Waals surface area contributed by atoms with Crippen molar-refractivity contribution < 1.29 is 5.21 Å². The zero-order valence-corrected chi connectivity index (χ0v) is 8.28. The van der Waals surface area contributed by atoms with E-state index in [1.807, 2.05) is 6.07 Å². The molecule has 78 valence electrons. The first-order valence-corrected chi connectivity index (χ1v) is 4.57. The van der Waals surface area contributed by atoms with Gasteiger partial charge in [0.25, 0.3) is 5.62 Å². The molecule has 2 aromatic rings. The molecule has 5 nitrogen and oxygen atoms in total. The van der Waals surface area contributed by atoms with Crippen molar-refractivity contribution >= 4 is 5.69 Å². The molecule has 0 aliphatic rings. The van der Waals surface area contributed by atoms with Gasteiger partial charge in [0.05, 0.1) is 17.3 Å². The zero-order chi connectivity index (χ0) is 11.4. The van der Waals surface area contributed by atoms with E-state index in [9.17, 15) is 5.21 Å². The number of nitrogens with zero attached hydrogens (tertiary/aromatic N) is 4. The van der Waals surface area contributed by atoms with Crippen molar-refractivity contribution in [3.8, 4) is 6.07 Å². The Hall–Kier alpha value is -2.61. The molecule has 0 unspecified atom stereocenters. The SMILES string of the molecule is N#Cc1ccc(N=c2ncccn2O)cc1. The summed E-state index contributed by atoms with van der Waals surface area (Å²) in [6.45, 7) is 0. The average Bonchev–Trinajstić information content (AvgIpc) is 2.33. The van der Waals surface area contributed by atoms with Crippen LogP contribution in [0.1, 0.15) is 5.56 Å². The molecule has 0 spiro atoms. The molecule has 0 aliphatic carbocycles. The predicted octanol–water partition coefficient (Wildman–Crippen LogP) is 1.22. The van der Waals surface area contributed by atoms with Crippen LogP contribution in [0.3, 0.4) is 0 Å². The number of aromatic nitrogens is 2. The molecule has 0 fully saturated rings. The Balaban J connectivity index is 2.44. The van der Waals surface area contributed by atoms with Crippen LogP contribution in [0.2, 0.25) is 0 Å². The van der Waals surface area contributed by atoms with Crippen molar-refractivity contribution in [1.82, 2.24) is 9.71 Å². The number of nitriles is 1. The van der Waals surface area contributed by atoms with Gasteiger partial charge in [-0.2, -0.15) is 9.99 Å². The minimum absolute atomic E-state index is 0.187. The molecule has 5 heteroatoms. The maximum atomic E-state index is 9.38. The van der Waals surface area contributed by atoms with Gasteiger partial charge in [-0.1, -0.05) is 0 Å². The van der Waals surface area contributed by atoms with Gasteiger partial charge in [0.2, 0.25) is 0 Å². The summed E-state index contributed by atoms with van der Waals surface area (Å²) in [5.74, 6) is 0. The smallest absolute Gasteiger partial charge is 0.263 e. The minimum Gasteiger partial charge on any atom is -0.425 e. The maximum Gasteiger partial charge on any atom is 0.263 e. The van der Waals surface area contributed by atoms with Gasteiger partial charge in [-0.3, -0.25) is 0 Å². The van der Waals surface area contributed by atoms with Crippen molar-refractivity contribution in [2.45, 2.75) is 0 Å². The lowest BCUT2D eigenvalue weighted by atomic mass is 10.2. The molecular formula is C11H8N4O. The second-order valence-electron chi connectivity index (χ2n) is 3.03. The summed E-state index contributed by atoms with van der Waals surface area (Å²) < 4.78 is 0.832. The highest BCUT2D eigenvalue weighted by Crippen LogP contribution is 2.10. The Labute approximate surface area is 91.5 Å². The molecule has 2 rings (SSSR count). The summed E-state index contributed by atoms with van der Waals surface area (Å²) >= 11 is 0. The van der Waals surface area contributed by atoms with Crippen LogP contribution in [-0.2, 0) is 0 Å². The Kier molecular flexibility index (Phi) is 2.65. The number of rotatable bonds is 1. The molecule has 0 bridgehead atoms. The minimum atomic E-state index is 0.187. The molecule has 0 radical (unpaired) electrons. The second kappa shape index (κ2) is 4.28. The molecule has 0 atom stereocenters. The first kappa shape index (κ1) is 9.93. The first-order valence-electron chi connectivity index (χ1n) is 4.57. The predicted molar refractivity (Wildman–Crippen MR) is 55.8 cm³/mol. The molecule has 16 heavy (non-hydrogen) atoms. The summed E-state index contributed by atoms with van der Waals surface area (Å²) in [6.07, 6.45) is 2.98. The van der Waals surface area contributed by atoms with Crippen LogP contribution in [-0.4, -0.2) is 14.9 Å². The Morgan fingerprint density at radius 3 is 2.69 bits per heavy atom. The average molecular weight is 212 g/mol. The van der Waals surface area contributed by atoms with Crippen LogP contribution >= 0.6 is 0 Å². The molecule has 0 aliphatic heterocycles. The van der Waals surface area contributed by atoms with Crippen molar-refractivity contribution in [1.29, 1.82) is 5.26 Å². The van der Waals surface area contributed by atoms with E-state index in [-0.39, 0.29) is 5.62 Å². The van der Waals surface area contributed by atoms with Crippen LogP contribution in [0.15, 0.2) is 47.7 Å². The highest BCUT2D eigenvalue weighted by Gasteiger charge is 1.93. The van der Waals surface area contributed by atoms with Crippen molar-refractivity contribution in [3.63, 3.8) is 0 Å². The van der Waals surface area contributed by atoms with Gasteiger partial charge in [0.15, 0.2) is 0 Å². The van der Waals surface area contributed by atoms with Crippen molar-refractivity contribution in [2.75, 3.05) is 0 Å². The van der Waals surface area contributed by atoms with Gasteiger partial charge in [-0.05, 0) is 30.3 Å². The van der Waals surface area contributed by atoms with Crippen molar-refractivity contribution in [3.05, 3.63) is 53.9 Å². The molecule has 1 aromatic carbocycles. The summed E-state index contributed by atoms with van der Waals surface area (Å²) in [5.41, 5.74) is 1.38. The molecule has 0 saturated heterocycles. The Morgan fingerprint density at radius 2 is 2.06 bits per heavy atom.